The second-order valence-corrected chi connectivity index (χ2v) is 5.45. The number of piperidine rings is 1. The first kappa shape index (κ1) is 12.8. The Balaban J connectivity index is 1.87. The average Bonchev–Trinajstić information content (AvgIpc) is 2.78. The predicted octanol–water partition coefficient (Wildman–Crippen LogP) is 0.869. The van der Waals surface area contributed by atoms with Gasteiger partial charge in [-0.3, -0.25) is 4.79 Å². The maximum absolute atomic E-state index is 12.4. The van der Waals surface area contributed by atoms with Crippen LogP contribution >= 0.6 is 0 Å². The molecule has 98 valence electrons. The van der Waals surface area contributed by atoms with Crippen LogP contribution in [0.4, 0.5) is 0 Å². The van der Waals surface area contributed by atoms with Gasteiger partial charge in [-0.15, -0.1) is 0 Å². The van der Waals surface area contributed by atoms with Crippen molar-refractivity contribution in [3.05, 3.63) is 0 Å². The lowest BCUT2D eigenvalue weighted by atomic mass is 9.92. The molecular formula is C13H24N2O2. The van der Waals surface area contributed by atoms with Crippen molar-refractivity contribution in [3.63, 3.8) is 0 Å². The maximum atomic E-state index is 12.4. The third-order valence-electron chi connectivity index (χ3n) is 4.04. The normalized spacial score (nSPS) is 34.0. The Morgan fingerprint density at radius 3 is 3.00 bits per heavy atom. The first-order valence-corrected chi connectivity index (χ1v) is 6.73. The van der Waals surface area contributed by atoms with Gasteiger partial charge in [0.05, 0.1) is 12.6 Å². The van der Waals surface area contributed by atoms with Gasteiger partial charge >= 0.3 is 0 Å². The van der Waals surface area contributed by atoms with E-state index in [4.69, 9.17) is 4.74 Å². The van der Waals surface area contributed by atoms with E-state index in [2.05, 4.69) is 12.2 Å². The molecule has 0 aromatic carbocycles. The van der Waals surface area contributed by atoms with E-state index in [0.29, 0.717) is 17.7 Å². The third kappa shape index (κ3) is 2.99. The Morgan fingerprint density at radius 1 is 1.47 bits per heavy atom. The minimum Gasteiger partial charge on any atom is -0.384 e. The summed E-state index contributed by atoms with van der Waals surface area (Å²) in [7, 11) is 1.73. The van der Waals surface area contributed by atoms with Crippen LogP contribution in [0, 0.1) is 11.8 Å². The van der Waals surface area contributed by atoms with Crippen LogP contribution < -0.4 is 5.32 Å². The summed E-state index contributed by atoms with van der Waals surface area (Å²) >= 11 is 0. The summed E-state index contributed by atoms with van der Waals surface area (Å²) in [5.74, 6) is 1.30. The molecule has 17 heavy (non-hydrogen) atoms. The van der Waals surface area contributed by atoms with Gasteiger partial charge in [0.15, 0.2) is 0 Å². The lowest BCUT2D eigenvalue weighted by Crippen LogP contribution is -2.51. The topological polar surface area (TPSA) is 41.6 Å². The van der Waals surface area contributed by atoms with E-state index in [1.807, 2.05) is 4.90 Å². The molecule has 2 rings (SSSR count). The highest BCUT2D eigenvalue weighted by Gasteiger charge is 2.34. The number of ether oxygens (including phenoxy) is 1. The molecular weight excluding hydrogens is 216 g/mol. The van der Waals surface area contributed by atoms with Crippen LogP contribution in [0.2, 0.25) is 0 Å². The number of nitrogens with one attached hydrogen (secondary N) is 1. The monoisotopic (exact) mass is 240 g/mol. The van der Waals surface area contributed by atoms with E-state index >= 15 is 0 Å². The van der Waals surface area contributed by atoms with Crippen LogP contribution in [0.15, 0.2) is 0 Å². The Bertz CT molecular complexity index is 270. The third-order valence-corrected chi connectivity index (χ3v) is 4.04. The van der Waals surface area contributed by atoms with Gasteiger partial charge in [0, 0.05) is 26.1 Å². The number of methoxy groups -OCH3 is 1. The van der Waals surface area contributed by atoms with Gasteiger partial charge in [0.2, 0.25) is 5.91 Å². The number of carbonyl (C=O) groups excluding carboxylic acids is 1. The number of carbonyl (C=O) groups is 1. The summed E-state index contributed by atoms with van der Waals surface area (Å²) in [5, 5.41) is 3.37. The van der Waals surface area contributed by atoms with E-state index in [1.54, 1.807) is 7.11 Å². The Hall–Kier alpha value is -0.610. The summed E-state index contributed by atoms with van der Waals surface area (Å²) < 4.78 is 5.17. The van der Waals surface area contributed by atoms with Gasteiger partial charge in [-0.25, -0.2) is 0 Å². The van der Waals surface area contributed by atoms with Crippen LogP contribution in [0.25, 0.3) is 0 Å². The van der Waals surface area contributed by atoms with E-state index in [1.165, 1.54) is 12.8 Å². The fourth-order valence-corrected chi connectivity index (χ4v) is 2.98. The zero-order chi connectivity index (χ0) is 12.3. The lowest BCUT2D eigenvalue weighted by molar-refractivity contribution is -0.134. The average molecular weight is 240 g/mol. The largest absolute Gasteiger partial charge is 0.384 e. The molecule has 2 aliphatic heterocycles. The van der Waals surface area contributed by atoms with Crippen LogP contribution in [0.3, 0.4) is 0 Å². The van der Waals surface area contributed by atoms with Crippen molar-refractivity contribution in [2.75, 3.05) is 33.4 Å². The van der Waals surface area contributed by atoms with Gasteiger partial charge in [0.1, 0.15) is 0 Å². The van der Waals surface area contributed by atoms with Crippen molar-refractivity contribution in [2.45, 2.75) is 32.2 Å². The number of hydrogen-bond donors (Lipinski definition) is 1. The van der Waals surface area contributed by atoms with Crippen molar-refractivity contribution in [3.8, 4) is 0 Å². The summed E-state index contributed by atoms with van der Waals surface area (Å²) in [4.78, 5) is 14.4. The highest BCUT2D eigenvalue weighted by molar-refractivity contribution is 5.82. The second-order valence-electron chi connectivity index (χ2n) is 5.45. The van der Waals surface area contributed by atoms with Gasteiger partial charge in [-0.05, 0) is 31.7 Å². The summed E-state index contributed by atoms with van der Waals surface area (Å²) in [6.07, 6.45) is 3.44. The van der Waals surface area contributed by atoms with Crippen molar-refractivity contribution in [2.24, 2.45) is 11.8 Å². The molecule has 2 heterocycles. The fourth-order valence-electron chi connectivity index (χ4n) is 2.98. The quantitative estimate of drug-likeness (QED) is 0.796. The smallest absolute Gasteiger partial charge is 0.239 e. The zero-order valence-electron chi connectivity index (χ0n) is 10.9. The van der Waals surface area contributed by atoms with Crippen LogP contribution in [-0.2, 0) is 9.53 Å². The molecule has 4 heteroatoms. The van der Waals surface area contributed by atoms with Gasteiger partial charge in [0.25, 0.3) is 0 Å². The predicted molar refractivity (Wildman–Crippen MR) is 66.8 cm³/mol. The van der Waals surface area contributed by atoms with E-state index in [-0.39, 0.29) is 6.04 Å². The van der Waals surface area contributed by atoms with Crippen LogP contribution in [0.5, 0.6) is 0 Å². The molecule has 1 amide bonds. The summed E-state index contributed by atoms with van der Waals surface area (Å²) in [6.45, 7) is 5.71. The Labute approximate surface area is 104 Å². The highest BCUT2D eigenvalue weighted by atomic mass is 16.5. The molecule has 3 unspecified atom stereocenters. The molecule has 0 radical (unpaired) electrons. The minimum atomic E-state index is 0.0463. The lowest BCUT2D eigenvalue weighted by Gasteiger charge is -2.32. The Kier molecular flexibility index (Phi) is 4.40. The van der Waals surface area contributed by atoms with Crippen LogP contribution in [0.1, 0.15) is 26.2 Å². The molecule has 0 saturated carbocycles. The SMILES string of the molecule is COCC1CCN(C(=O)C2NCCCC2C)C1. The van der Waals surface area contributed by atoms with Gasteiger partial charge < -0.3 is 15.0 Å². The molecule has 4 nitrogen and oxygen atoms in total. The molecule has 2 fully saturated rings. The minimum absolute atomic E-state index is 0.0463. The van der Waals surface area contributed by atoms with E-state index < -0.39 is 0 Å². The maximum Gasteiger partial charge on any atom is 0.239 e. The van der Waals surface area contributed by atoms with Gasteiger partial charge in [-0.1, -0.05) is 6.92 Å². The van der Waals surface area contributed by atoms with Crippen LogP contribution in [-0.4, -0.2) is 50.2 Å². The molecule has 0 aromatic heterocycles. The second kappa shape index (κ2) is 5.83. The molecule has 2 aliphatic rings. The molecule has 1 N–H and O–H groups in total. The van der Waals surface area contributed by atoms with Crippen molar-refractivity contribution < 1.29 is 9.53 Å². The summed E-state index contributed by atoms with van der Waals surface area (Å²) in [6, 6.07) is 0.0463. The zero-order valence-corrected chi connectivity index (χ0v) is 10.9. The molecule has 0 aromatic rings. The molecule has 0 spiro atoms. The van der Waals surface area contributed by atoms with Crippen molar-refractivity contribution in [1.82, 2.24) is 10.2 Å². The highest BCUT2D eigenvalue weighted by Crippen LogP contribution is 2.22. The van der Waals surface area contributed by atoms with Crippen molar-refractivity contribution >= 4 is 5.91 Å². The number of likely N-dealkylation sites (tertiary alicyclic amines) is 1. The number of nitrogens with zero attached hydrogens (tertiary/aromatic N) is 1. The van der Waals surface area contributed by atoms with E-state index in [9.17, 15) is 4.79 Å². The standard InChI is InChI=1S/C13H24N2O2/c1-10-4-3-6-14-12(10)13(16)15-7-5-11(8-15)9-17-2/h10-12,14H,3-9H2,1-2H3. The van der Waals surface area contributed by atoms with Gasteiger partial charge in [-0.2, -0.15) is 0 Å². The number of amides is 1. The van der Waals surface area contributed by atoms with Crippen molar-refractivity contribution in [1.29, 1.82) is 0 Å². The fraction of sp³-hybridized carbons (Fsp3) is 0.923. The number of hydrogen-bond acceptors (Lipinski definition) is 3. The molecule has 0 aliphatic carbocycles. The molecule has 0 bridgehead atoms. The molecule has 2 saturated heterocycles. The number of rotatable bonds is 3. The Morgan fingerprint density at radius 2 is 2.29 bits per heavy atom. The first-order valence-electron chi connectivity index (χ1n) is 6.73. The first-order chi connectivity index (χ1) is 8.22. The summed E-state index contributed by atoms with van der Waals surface area (Å²) in [5.41, 5.74) is 0. The van der Waals surface area contributed by atoms with E-state index in [0.717, 1.165) is 32.7 Å². The molecule has 3 atom stereocenters.